The Morgan fingerprint density at radius 2 is 2.03 bits per heavy atom. The normalized spacial score (nSPS) is 27.1. The summed E-state index contributed by atoms with van der Waals surface area (Å²) in [6.45, 7) is 6.59. The van der Waals surface area contributed by atoms with Crippen LogP contribution < -0.4 is 5.32 Å². The highest BCUT2D eigenvalue weighted by molar-refractivity contribution is 5.94. The van der Waals surface area contributed by atoms with Gasteiger partial charge in [0.15, 0.2) is 0 Å². The standard InChI is InChI=1S/C20H28N6O3/c1-14-22-9-15(10-23-14)17(27)25-19(2)5-8-29-20(18(19)28)3-6-26(7-4-20)12-16-11-21-13-24-16/h9-11,13,18,28H,3-8,12H2,1-2H3,(H,21,24)(H,25,27)/t18-,19+/m1/s1. The van der Waals surface area contributed by atoms with Gasteiger partial charge in [-0.25, -0.2) is 15.0 Å². The summed E-state index contributed by atoms with van der Waals surface area (Å²) in [5.74, 6) is 0.333. The lowest BCUT2D eigenvalue weighted by Crippen LogP contribution is -2.69. The van der Waals surface area contributed by atoms with E-state index in [4.69, 9.17) is 4.74 Å². The van der Waals surface area contributed by atoms with Crippen molar-refractivity contribution in [1.29, 1.82) is 0 Å². The van der Waals surface area contributed by atoms with E-state index in [1.165, 1.54) is 12.4 Å². The molecular weight excluding hydrogens is 372 g/mol. The van der Waals surface area contributed by atoms with Crippen LogP contribution in [0.1, 0.15) is 48.1 Å². The molecule has 2 aliphatic heterocycles. The summed E-state index contributed by atoms with van der Waals surface area (Å²) >= 11 is 0. The van der Waals surface area contributed by atoms with Crippen molar-refractivity contribution in [3.05, 3.63) is 42.0 Å². The van der Waals surface area contributed by atoms with Crippen molar-refractivity contribution in [2.45, 2.75) is 56.9 Å². The van der Waals surface area contributed by atoms with E-state index in [1.807, 2.05) is 13.1 Å². The third-order valence-electron chi connectivity index (χ3n) is 6.21. The molecule has 9 nitrogen and oxygen atoms in total. The van der Waals surface area contributed by atoms with E-state index >= 15 is 0 Å². The fraction of sp³-hybridized carbons (Fsp3) is 0.600. The minimum atomic E-state index is -0.798. The monoisotopic (exact) mass is 400 g/mol. The summed E-state index contributed by atoms with van der Waals surface area (Å²) in [5, 5.41) is 14.3. The lowest BCUT2D eigenvalue weighted by molar-refractivity contribution is -0.206. The quantitative estimate of drug-likeness (QED) is 0.695. The molecule has 29 heavy (non-hydrogen) atoms. The van der Waals surface area contributed by atoms with Crippen molar-refractivity contribution in [2.75, 3.05) is 19.7 Å². The van der Waals surface area contributed by atoms with Crippen molar-refractivity contribution in [1.82, 2.24) is 30.2 Å². The molecule has 3 N–H and O–H groups in total. The van der Waals surface area contributed by atoms with Crippen LogP contribution >= 0.6 is 0 Å². The van der Waals surface area contributed by atoms with Gasteiger partial charge in [0.05, 0.1) is 23.0 Å². The summed E-state index contributed by atoms with van der Waals surface area (Å²) < 4.78 is 6.13. The SMILES string of the molecule is Cc1ncc(C(=O)N[C@@]2(C)CCOC3(CCN(Cc4cnc[nH]4)CC3)[C@@H]2O)cn1. The number of amides is 1. The van der Waals surface area contributed by atoms with Crippen molar-refractivity contribution in [3.63, 3.8) is 0 Å². The fourth-order valence-corrected chi connectivity index (χ4v) is 4.35. The van der Waals surface area contributed by atoms with Gasteiger partial charge in [-0.05, 0) is 33.1 Å². The van der Waals surface area contributed by atoms with Crippen LogP contribution in [-0.2, 0) is 11.3 Å². The highest BCUT2D eigenvalue weighted by atomic mass is 16.5. The van der Waals surface area contributed by atoms with Crippen LogP contribution in [0.5, 0.6) is 0 Å². The molecule has 0 unspecified atom stereocenters. The number of hydrogen-bond acceptors (Lipinski definition) is 7. The number of carbonyl (C=O) groups excluding carboxylic acids is 1. The molecule has 1 spiro atoms. The molecule has 2 aromatic heterocycles. The zero-order chi connectivity index (χ0) is 20.5. The van der Waals surface area contributed by atoms with E-state index in [0.29, 0.717) is 37.3 Å². The van der Waals surface area contributed by atoms with E-state index in [0.717, 1.165) is 25.3 Å². The number of carbonyl (C=O) groups is 1. The average molecular weight is 400 g/mol. The summed E-state index contributed by atoms with van der Waals surface area (Å²) in [6.07, 6.45) is 7.70. The van der Waals surface area contributed by atoms with Crippen LogP contribution in [0, 0.1) is 6.92 Å². The van der Waals surface area contributed by atoms with Gasteiger partial charge in [-0.3, -0.25) is 9.69 Å². The maximum atomic E-state index is 12.7. The average Bonchev–Trinajstić information content (AvgIpc) is 3.21. The summed E-state index contributed by atoms with van der Waals surface area (Å²) in [4.78, 5) is 30.4. The Kier molecular flexibility index (Phi) is 5.37. The van der Waals surface area contributed by atoms with E-state index in [2.05, 4.69) is 30.2 Å². The molecule has 0 radical (unpaired) electrons. The number of nitrogens with zero attached hydrogens (tertiary/aromatic N) is 4. The molecule has 2 saturated heterocycles. The Balaban J connectivity index is 1.42. The van der Waals surface area contributed by atoms with Gasteiger partial charge in [0.2, 0.25) is 0 Å². The van der Waals surface area contributed by atoms with E-state index < -0.39 is 17.2 Å². The number of rotatable bonds is 4. The zero-order valence-corrected chi connectivity index (χ0v) is 16.9. The molecule has 2 fully saturated rings. The first kappa shape index (κ1) is 19.9. The number of aliphatic hydroxyl groups excluding tert-OH is 1. The Bertz CT molecular complexity index is 832. The number of aromatic nitrogens is 4. The second-order valence-electron chi connectivity index (χ2n) is 8.31. The molecule has 2 aromatic rings. The Labute approximate surface area is 169 Å². The van der Waals surface area contributed by atoms with E-state index in [1.54, 1.807) is 13.3 Å². The molecule has 0 aromatic carbocycles. The predicted molar refractivity (Wildman–Crippen MR) is 105 cm³/mol. The van der Waals surface area contributed by atoms with Gasteiger partial charge in [-0.1, -0.05) is 0 Å². The summed E-state index contributed by atoms with van der Waals surface area (Å²) in [7, 11) is 0. The third kappa shape index (κ3) is 4.03. The Morgan fingerprint density at radius 3 is 2.69 bits per heavy atom. The van der Waals surface area contributed by atoms with Crippen molar-refractivity contribution in [2.24, 2.45) is 0 Å². The largest absolute Gasteiger partial charge is 0.388 e. The second kappa shape index (κ2) is 7.81. The van der Waals surface area contributed by atoms with Crippen molar-refractivity contribution < 1.29 is 14.6 Å². The van der Waals surface area contributed by atoms with E-state index in [-0.39, 0.29) is 5.91 Å². The number of aryl methyl sites for hydroxylation is 1. The van der Waals surface area contributed by atoms with Crippen LogP contribution in [0.4, 0.5) is 0 Å². The minimum absolute atomic E-state index is 0.278. The molecule has 156 valence electrons. The molecule has 0 bridgehead atoms. The third-order valence-corrected chi connectivity index (χ3v) is 6.21. The first-order chi connectivity index (χ1) is 13.9. The lowest BCUT2D eigenvalue weighted by atomic mass is 9.73. The number of nitrogens with one attached hydrogen (secondary N) is 2. The fourth-order valence-electron chi connectivity index (χ4n) is 4.35. The number of H-pyrrole nitrogens is 1. The van der Waals surface area contributed by atoms with Crippen LogP contribution in [0.25, 0.3) is 0 Å². The number of hydrogen-bond donors (Lipinski definition) is 3. The van der Waals surface area contributed by atoms with Gasteiger partial charge >= 0.3 is 0 Å². The lowest BCUT2D eigenvalue weighted by Gasteiger charge is -2.53. The first-order valence-electron chi connectivity index (χ1n) is 10.0. The molecule has 2 atom stereocenters. The number of aromatic amines is 1. The maximum absolute atomic E-state index is 12.7. The molecule has 4 rings (SSSR count). The topological polar surface area (TPSA) is 116 Å². The predicted octanol–water partition coefficient (Wildman–Crippen LogP) is 0.813. The number of aliphatic hydroxyl groups is 1. The Hall–Kier alpha value is -2.36. The number of ether oxygens (including phenoxy) is 1. The van der Waals surface area contributed by atoms with Gasteiger partial charge in [0.25, 0.3) is 5.91 Å². The van der Waals surface area contributed by atoms with Gasteiger partial charge in [-0.2, -0.15) is 0 Å². The zero-order valence-electron chi connectivity index (χ0n) is 16.9. The molecule has 0 aliphatic carbocycles. The Morgan fingerprint density at radius 1 is 1.31 bits per heavy atom. The highest BCUT2D eigenvalue weighted by Gasteiger charge is 2.53. The van der Waals surface area contributed by atoms with Crippen molar-refractivity contribution >= 4 is 5.91 Å². The van der Waals surface area contributed by atoms with Crippen molar-refractivity contribution in [3.8, 4) is 0 Å². The van der Waals surface area contributed by atoms with Gasteiger partial charge < -0.3 is 20.1 Å². The van der Waals surface area contributed by atoms with Gasteiger partial charge in [-0.15, -0.1) is 0 Å². The van der Waals surface area contributed by atoms with Crippen LogP contribution in [-0.4, -0.2) is 72.8 Å². The van der Waals surface area contributed by atoms with Crippen LogP contribution in [0.15, 0.2) is 24.9 Å². The number of likely N-dealkylation sites (tertiary alicyclic amines) is 1. The first-order valence-corrected chi connectivity index (χ1v) is 10.0. The van der Waals surface area contributed by atoms with Gasteiger partial charge in [0, 0.05) is 50.5 Å². The molecule has 2 aliphatic rings. The van der Waals surface area contributed by atoms with Crippen LogP contribution in [0.2, 0.25) is 0 Å². The molecular formula is C20H28N6O3. The maximum Gasteiger partial charge on any atom is 0.254 e. The summed E-state index contributed by atoms with van der Waals surface area (Å²) in [6, 6.07) is 0. The van der Waals surface area contributed by atoms with Crippen LogP contribution in [0.3, 0.4) is 0 Å². The number of piperidine rings is 1. The van der Waals surface area contributed by atoms with E-state index in [9.17, 15) is 9.90 Å². The number of imidazole rings is 1. The minimum Gasteiger partial charge on any atom is -0.388 e. The smallest absolute Gasteiger partial charge is 0.254 e. The molecule has 4 heterocycles. The highest BCUT2D eigenvalue weighted by Crippen LogP contribution is 2.40. The van der Waals surface area contributed by atoms with Gasteiger partial charge in [0.1, 0.15) is 11.9 Å². The molecule has 1 amide bonds. The second-order valence-corrected chi connectivity index (χ2v) is 8.31. The molecule has 9 heteroatoms. The molecule has 0 saturated carbocycles. The summed E-state index contributed by atoms with van der Waals surface area (Å²) in [5.41, 5.74) is 0.0442.